The van der Waals surface area contributed by atoms with Crippen LogP contribution in [0.15, 0.2) is 34.8 Å². The summed E-state index contributed by atoms with van der Waals surface area (Å²) in [5.74, 6) is -1.42. The number of rotatable bonds is 3. The summed E-state index contributed by atoms with van der Waals surface area (Å²) in [5.41, 5.74) is 1.40. The molecule has 0 spiro atoms. The second-order valence-corrected chi connectivity index (χ2v) is 4.89. The van der Waals surface area contributed by atoms with Gasteiger partial charge in [0.1, 0.15) is 5.82 Å². The van der Waals surface area contributed by atoms with Crippen LogP contribution in [0.2, 0.25) is 0 Å². The normalized spacial score (nSPS) is 10.5. The smallest absolute Gasteiger partial charge is 0.337 e. The van der Waals surface area contributed by atoms with Crippen molar-refractivity contribution in [3.63, 3.8) is 0 Å². The lowest BCUT2D eigenvalue weighted by Crippen LogP contribution is -2.05. The van der Waals surface area contributed by atoms with E-state index in [-0.39, 0.29) is 5.56 Å². The quantitative estimate of drug-likeness (QED) is 0.931. The van der Waals surface area contributed by atoms with Crippen molar-refractivity contribution >= 4 is 21.9 Å². The lowest BCUT2D eigenvalue weighted by atomic mass is 10.1. The number of nitrogens with zero attached hydrogens (tertiary/aromatic N) is 1. The Bertz CT molecular complexity index is 643. The predicted octanol–water partition coefficient (Wildman–Crippen LogP) is 3.91. The minimum absolute atomic E-state index is 0.156. The highest BCUT2D eigenvalue weighted by Crippen LogP contribution is 2.25. The molecule has 1 heterocycles. The largest absolute Gasteiger partial charge is 0.478 e. The van der Waals surface area contributed by atoms with Crippen LogP contribution >= 0.6 is 15.9 Å². The molecule has 98 valence electrons. The molecule has 19 heavy (non-hydrogen) atoms. The van der Waals surface area contributed by atoms with Gasteiger partial charge in [-0.1, -0.05) is 22.9 Å². The monoisotopic (exact) mass is 323 g/mol. The number of halogens is 2. The Kier molecular flexibility index (Phi) is 3.95. The van der Waals surface area contributed by atoms with Crippen molar-refractivity contribution in [2.45, 2.75) is 13.3 Å². The molecule has 0 aliphatic rings. The topological polar surface area (TPSA) is 50.2 Å². The van der Waals surface area contributed by atoms with Gasteiger partial charge in [-0.2, -0.15) is 0 Å². The first-order valence-corrected chi connectivity index (χ1v) is 6.51. The zero-order valence-electron chi connectivity index (χ0n) is 10.2. The Morgan fingerprint density at radius 2 is 2.11 bits per heavy atom. The molecule has 0 aliphatic carbocycles. The number of hydrogen-bond acceptors (Lipinski definition) is 2. The molecule has 3 nitrogen and oxygen atoms in total. The highest BCUT2D eigenvalue weighted by atomic mass is 79.9. The van der Waals surface area contributed by atoms with E-state index >= 15 is 0 Å². The number of carboxylic acids is 1. The molecule has 1 N–H and O–H groups in total. The van der Waals surface area contributed by atoms with Crippen molar-refractivity contribution in [3.8, 4) is 11.3 Å². The third kappa shape index (κ3) is 2.81. The number of aromatic carboxylic acids is 1. The van der Waals surface area contributed by atoms with Crippen LogP contribution in [0, 0.1) is 5.82 Å². The van der Waals surface area contributed by atoms with Crippen LogP contribution in [-0.4, -0.2) is 16.1 Å². The molecule has 0 amide bonds. The van der Waals surface area contributed by atoms with Crippen LogP contribution in [0.4, 0.5) is 4.39 Å². The number of benzene rings is 1. The summed E-state index contributed by atoms with van der Waals surface area (Å²) in [5, 5.41) is 9.03. The van der Waals surface area contributed by atoms with Gasteiger partial charge >= 0.3 is 5.97 Å². The first-order chi connectivity index (χ1) is 9.02. The zero-order chi connectivity index (χ0) is 14.0. The van der Waals surface area contributed by atoms with Gasteiger partial charge in [-0.05, 0) is 36.8 Å². The van der Waals surface area contributed by atoms with E-state index in [0.29, 0.717) is 27.8 Å². The molecule has 0 radical (unpaired) electrons. The second kappa shape index (κ2) is 5.48. The fourth-order valence-electron chi connectivity index (χ4n) is 1.81. The second-order valence-electron chi connectivity index (χ2n) is 3.97. The fourth-order valence-corrected chi connectivity index (χ4v) is 2.15. The van der Waals surface area contributed by atoms with E-state index in [0.717, 1.165) is 0 Å². The van der Waals surface area contributed by atoms with E-state index in [9.17, 15) is 9.18 Å². The molecule has 1 aromatic carbocycles. The highest BCUT2D eigenvalue weighted by molar-refractivity contribution is 9.10. The van der Waals surface area contributed by atoms with Gasteiger partial charge in [-0.25, -0.2) is 9.18 Å². The SMILES string of the molecule is CCc1nc(-c2ccc(Br)cc2F)ccc1C(=O)O. The predicted molar refractivity (Wildman–Crippen MR) is 73.7 cm³/mol. The molecule has 0 bridgehead atoms. The number of carbonyl (C=O) groups is 1. The van der Waals surface area contributed by atoms with E-state index in [1.54, 1.807) is 12.1 Å². The lowest BCUT2D eigenvalue weighted by Gasteiger charge is -2.07. The molecule has 5 heteroatoms. The third-order valence-corrected chi connectivity index (χ3v) is 3.24. The summed E-state index contributed by atoms with van der Waals surface area (Å²) in [6.45, 7) is 1.82. The molecule has 0 fully saturated rings. The molecule has 2 rings (SSSR count). The Balaban J connectivity index is 2.54. The average Bonchev–Trinajstić information content (AvgIpc) is 2.37. The molecule has 0 unspecified atom stereocenters. The molecule has 2 aromatic rings. The Morgan fingerprint density at radius 1 is 1.37 bits per heavy atom. The minimum atomic E-state index is -1.02. The summed E-state index contributed by atoms with van der Waals surface area (Å²) >= 11 is 3.19. The summed E-state index contributed by atoms with van der Waals surface area (Å²) in [6, 6.07) is 7.67. The number of aryl methyl sites for hydroxylation is 1. The van der Waals surface area contributed by atoms with E-state index in [2.05, 4.69) is 20.9 Å². The molecule has 1 aromatic heterocycles. The number of pyridine rings is 1. The van der Waals surface area contributed by atoms with Crippen molar-refractivity contribution in [2.24, 2.45) is 0 Å². The zero-order valence-corrected chi connectivity index (χ0v) is 11.7. The molecule has 0 saturated heterocycles. The van der Waals surface area contributed by atoms with Gasteiger partial charge in [0.25, 0.3) is 0 Å². The molecule has 0 atom stereocenters. The lowest BCUT2D eigenvalue weighted by molar-refractivity contribution is 0.0695. The van der Waals surface area contributed by atoms with Crippen LogP contribution in [0.3, 0.4) is 0 Å². The minimum Gasteiger partial charge on any atom is -0.478 e. The van der Waals surface area contributed by atoms with Gasteiger partial charge in [0.2, 0.25) is 0 Å². The Morgan fingerprint density at radius 3 is 2.68 bits per heavy atom. The molecular formula is C14H11BrFNO2. The van der Waals surface area contributed by atoms with E-state index in [4.69, 9.17) is 5.11 Å². The number of hydrogen-bond donors (Lipinski definition) is 1. The van der Waals surface area contributed by atoms with Crippen molar-refractivity contribution in [3.05, 3.63) is 51.9 Å². The Labute approximate surface area is 118 Å². The van der Waals surface area contributed by atoms with Gasteiger partial charge in [-0.3, -0.25) is 4.98 Å². The average molecular weight is 324 g/mol. The third-order valence-electron chi connectivity index (χ3n) is 2.75. The van der Waals surface area contributed by atoms with Crippen molar-refractivity contribution in [1.29, 1.82) is 0 Å². The summed E-state index contributed by atoms with van der Waals surface area (Å²) in [6.07, 6.45) is 0.480. The number of aromatic nitrogens is 1. The Hall–Kier alpha value is -1.75. The van der Waals surface area contributed by atoms with Crippen molar-refractivity contribution in [1.82, 2.24) is 4.98 Å². The molecule has 0 saturated carbocycles. The van der Waals surface area contributed by atoms with Crippen LogP contribution in [-0.2, 0) is 6.42 Å². The van der Waals surface area contributed by atoms with Crippen LogP contribution < -0.4 is 0 Å². The molecular weight excluding hydrogens is 313 g/mol. The maximum Gasteiger partial charge on any atom is 0.337 e. The maximum atomic E-state index is 13.8. The van der Waals surface area contributed by atoms with Gasteiger partial charge in [0, 0.05) is 10.0 Å². The van der Waals surface area contributed by atoms with Crippen LogP contribution in [0.25, 0.3) is 11.3 Å². The van der Waals surface area contributed by atoms with Crippen LogP contribution in [0.1, 0.15) is 23.0 Å². The highest BCUT2D eigenvalue weighted by Gasteiger charge is 2.13. The van der Waals surface area contributed by atoms with Gasteiger partial charge in [0.15, 0.2) is 0 Å². The summed E-state index contributed by atoms with van der Waals surface area (Å²) < 4.78 is 14.5. The summed E-state index contributed by atoms with van der Waals surface area (Å²) in [4.78, 5) is 15.3. The molecule has 0 aliphatic heterocycles. The van der Waals surface area contributed by atoms with Gasteiger partial charge in [-0.15, -0.1) is 0 Å². The van der Waals surface area contributed by atoms with E-state index in [1.165, 1.54) is 18.2 Å². The van der Waals surface area contributed by atoms with Crippen LogP contribution in [0.5, 0.6) is 0 Å². The number of carboxylic acid groups (broad SMARTS) is 1. The first kappa shape index (κ1) is 13.7. The van der Waals surface area contributed by atoms with E-state index < -0.39 is 11.8 Å². The van der Waals surface area contributed by atoms with Crippen molar-refractivity contribution < 1.29 is 14.3 Å². The maximum absolute atomic E-state index is 13.8. The fraction of sp³-hybridized carbons (Fsp3) is 0.143. The van der Waals surface area contributed by atoms with E-state index in [1.807, 2.05) is 6.92 Å². The standard InChI is InChI=1S/C14H11BrFNO2/c1-2-12-10(14(18)19)5-6-13(17-12)9-4-3-8(15)7-11(9)16/h3-7H,2H2,1H3,(H,18,19). The van der Waals surface area contributed by atoms with Gasteiger partial charge < -0.3 is 5.11 Å². The summed E-state index contributed by atoms with van der Waals surface area (Å²) in [7, 11) is 0. The van der Waals surface area contributed by atoms with Crippen molar-refractivity contribution in [2.75, 3.05) is 0 Å². The first-order valence-electron chi connectivity index (χ1n) is 5.71. The van der Waals surface area contributed by atoms with Gasteiger partial charge in [0.05, 0.1) is 17.0 Å².